The van der Waals surface area contributed by atoms with Gasteiger partial charge in [-0.15, -0.1) is 101 Å². The molecule has 4 heteroatoms. The molecule has 8 aromatic carbocycles. The van der Waals surface area contributed by atoms with Crippen molar-refractivity contribution in [3.63, 3.8) is 0 Å². The number of aryl methyl sites for hydroxylation is 4. The van der Waals surface area contributed by atoms with Gasteiger partial charge in [-0.1, -0.05) is 170 Å². The molecule has 0 radical (unpaired) electrons. The molecule has 3 nitrogen and oxygen atoms in total. The first-order valence-electron chi connectivity index (χ1n) is 24.0. The third-order valence-electron chi connectivity index (χ3n) is 13.0. The van der Waals surface area contributed by atoms with E-state index in [0.717, 1.165) is 76.1 Å². The first-order chi connectivity index (χ1) is 34.6. The zero-order valence-electron chi connectivity index (χ0n) is 39.1. The molecule has 0 bridgehead atoms. The van der Waals surface area contributed by atoms with Gasteiger partial charge < -0.3 is 15.0 Å². The van der Waals surface area contributed by atoms with Crippen LogP contribution >= 0.6 is 0 Å². The molecule has 0 spiro atoms. The topological polar surface area (TPSA) is 38.7 Å². The maximum atomic E-state index is 4.80. The molecular formula is C67H48IrN3. The fourth-order valence-corrected chi connectivity index (χ4v) is 9.23. The molecule has 340 valence electrons. The monoisotopic (exact) mass is 1090 g/mol. The molecule has 0 aliphatic rings. The van der Waals surface area contributed by atoms with E-state index < -0.39 is 0 Å². The van der Waals surface area contributed by atoms with Gasteiger partial charge in [0.1, 0.15) is 0 Å². The van der Waals surface area contributed by atoms with Crippen LogP contribution in [0.5, 0.6) is 0 Å². The quantitative estimate of drug-likeness (QED) is 0.102. The zero-order chi connectivity index (χ0) is 46.9. The third-order valence-corrected chi connectivity index (χ3v) is 13.0. The van der Waals surface area contributed by atoms with Gasteiger partial charge in [-0.25, -0.2) is 0 Å². The molecule has 11 aromatic rings. The van der Waals surface area contributed by atoms with Crippen LogP contribution in [0.4, 0.5) is 0 Å². The maximum absolute atomic E-state index is 4.80. The number of pyridine rings is 3. The Kier molecular flexibility index (Phi) is 14.5. The molecule has 0 fully saturated rings. The largest absolute Gasteiger partial charge is 3.00 e. The molecule has 3 aromatic heterocycles. The smallest absolute Gasteiger partial charge is 0.305 e. The molecule has 0 aliphatic carbocycles. The number of aromatic nitrogens is 3. The summed E-state index contributed by atoms with van der Waals surface area (Å²) in [5.41, 5.74) is 22.6. The fraction of sp³-hybridized carbons (Fsp3) is 0.0597. The van der Waals surface area contributed by atoms with Crippen molar-refractivity contribution < 1.29 is 20.1 Å². The van der Waals surface area contributed by atoms with Crippen LogP contribution in [0.25, 0.3) is 89.4 Å². The molecule has 0 N–H and O–H groups in total. The van der Waals surface area contributed by atoms with Gasteiger partial charge in [0.25, 0.3) is 0 Å². The van der Waals surface area contributed by atoms with Crippen molar-refractivity contribution in [2.45, 2.75) is 25.7 Å². The SMILES string of the molecule is [Ir+3].[c-]1cc(CCc2cc(CCc3c[c-]c(-c4ccccn4)cc3)cc(-c3ccccc3-c3c[c-]c(-c4cc(-c5ccc(-c6cccc(-c7ccccc7)c6)cc5)ccn4)cc3)c2)ccc1-c1ccccn1. The summed E-state index contributed by atoms with van der Waals surface area (Å²) < 4.78 is 0. The van der Waals surface area contributed by atoms with Gasteiger partial charge >= 0.3 is 20.1 Å². The first kappa shape index (κ1) is 46.6. The van der Waals surface area contributed by atoms with E-state index in [9.17, 15) is 0 Å². The normalized spacial score (nSPS) is 10.9. The van der Waals surface area contributed by atoms with E-state index in [0.29, 0.717) is 0 Å². The van der Waals surface area contributed by atoms with E-state index >= 15 is 0 Å². The molecular weight excluding hydrogens is 1040 g/mol. The molecule has 0 aliphatic heterocycles. The Bertz CT molecular complexity index is 3380. The van der Waals surface area contributed by atoms with E-state index in [1.54, 1.807) is 0 Å². The van der Waals surface area contributed by atoms with Gasteiger partial charge in [-0.05, 0) is 110 Å². The summed E-state index contributed by atoms with van der Waals surface area (Å²) in [5.74, 6) is 0. The van der Waals surface area contributed by atoms with Gasteiger partial charge in [0.2, 0.25) is 0 Å². The molecule has 0 saturated heterocycles. The van der Waals surface area contributed by atoms with Crippen LogP contribution < -0.4 is 0 Å². The van der Waals surface area contributed by atoms with E-state index in [-0.39, 0.29) is 20.1 Å². The molecule has 71 heavy (non-hydrogen) atoms. The summed E-state index contributed by atoms with van der Waals surface area (Å²) in [4.78, 5) is 13.8. The molecule has 0 atom stereocenters. The molecule has 11 rings (SSSR count). The van der Waals surface area contributed by atoms with Crippen LogP contribution in [0, 0.1) is 18.2 Å². The van der Waals surface area contributed by atoms with Gasteiger partial charge in [0.05, 0.1) is 0 Å². The summed E-state index contributed by atoms with van der Waals surface area (Å²) >= 11 is 0. The third kappa shape index (κ3) is 11.2. The number of nitrogens with zero attached hydrogens (tertiary/aromatic N) is 3. The van der Waals surface area contributed by atoms with E-state index in [4.69, 9.17) is 4.98 Å². The first-order valence-corrected chi connectivity index (χ1v) is 24.0. The van der Waals surface area contributed by atoms with E-state index in [2.05, 4.69) is 216 Å². The second kappa shape index (κ2) is 22.1. The molecule has 0 amide bonds. The van der Waals surface area contributed by atoms with Crippen molar-refractivity contribution in [1.82, 2.24) is 15.0 Å². The van der Waals surface area contributed by atoms with Crippen molar-refractivity contribution in [3.8, 4) is 89.4 Å². The summed E-state index contributed by atoms with van der Waals surface area (Å²) in [6, 6.07) is 90.2. The molecule has 0 saturated carbocycles. The van der Waals surface area contributed by atoms with Gasteiger partial charge in [-0.3, -0.25) is 0 Å². The Balaban J connectivity index is 0.00000582. The number of rotatable bonds is 14. The second-order valence-corrected chi connectivity index (χ2v) is 17.7. The van der Waals surface area contributed by atoms with Crippen LogP contribution in [0.3, 0.4) is 0 Å². The van der Waals surface area contributed by atoms with Gasteiger partial charge in [-0.2, -0.15) is 0 Å². The zero-order valence-corrected chi connectivity index (χ0v) is 41.5. The van der Waals surface area contributed by atoms with Crippen LogP contribution in [-0.2, 0) is 45.8 Å². The van der Waals surface area contributed by atoms with Crippen LogP contribution in [0.1, 0.15) is 22.3 Å². The maximum Gasteiger partial charge on any atom is 3.00 e. The Morgan fingerprint density at radius 1 is 0.268 bits per heavy atom. The van der Waals surface area contributed by atoms with Crippen LogP contribution in [-0.4, -0.2) is 15.0 Å². The van der Waals surface area contributed by atoms with Crippen molar-refractivity contribution in [1.29, 1.82) is 0 Å². The summed E-state index contributed by atoms with van der Waals surface area (Å²) in [7, 11) is 0. The predicted molar refractivity (Wildman–Crippen MR) is 288 cm³/mol. The number of benzene rings is 8. The minimum absolute atomic E-state index is 0. The fourth-order valence-electron chi connectivity index (χ4n) is 9.23. The van der Waals surface area contributed by atoms with Gasteiger partial charge in [0, 0.05) is 18.6 Å². The van der Waals surface area contributed by atoms with Crippen molar-refractivity contribution >= 4 is 0 Å². The number of hydrogen-bond donors (Lipinski definition) is 0. The Morgan fingerprint density at radius 3 is 1.25 bits per heavy atom. The van der Waals surface area contributed by atoms with E-state index in [1.165, 1.54) is 61.2 Å². The van der Waals surface area contributed by atoms with Crippen molar-refractivity contribution in [2.75, 3.05) is 0 Å². The van der Waals surface area contributed by atoms with Gasteiger partial charge in [0.15, 0.2) is 0 Å². The van der Waals surface area contributed by atoms with Crippen LogP contribution in [0.2, 0.25) is 0 Å². The van der Waals surface area contributed by atoms with Crippen molar-refractivity contribution in [2.24, 2.45) is 0 Å². The number of hydrogen-bond acceptors (Lipinski definition) is 3. The summed E-state index contributed by atoms with van der Waals surface area (Å²) in [6.45, 7) is 0. The summed E-state index contributed by atoms with van der Waals surface area (Å²) in [6.07, 6.45) is 9.19. The average Bonchev–Trinajstić information content (AvgIpc) is 3.45. The minimum atomic E-state index is 0. The summed E-state index contributed by atoms with van der Waals surface area (Å²) in [5, 5.41) is 0. The Morgan fingerprint density at radius 2 is 0.718 bits per heavy atom. The van der Waals surface area contributed by atoms with E-state index in [1.807, 2.05) is 55.0 Å². The predicted octanol–water partition coefficient (Wildman–Crippen LogP) is 16.2. The Hall–Kier alpha value is -8.14. The Labute approximate surface area is 431 Å². The second-order valence-electron chi connectivity index (χ2n) is 17.7. The molecule has 0 unspecified atom stereocenters. The standard InChI is InChI=1S/C67H48N3.Ir/c1-2-11-52(12-3-1)59-13-10-14-60(46-59)53-31-33-54(34-32-53)61-39-42-70-67(47-61)58-37-35-55(36-38-58)63-15-4-5-16-64(63)62-44-50(21-19-48-23-27-56(28-24-48)65-17-6-8-40-68-65)43-51(45-62)22-20-49-25-29-57(30-26-49)66-18-7-9-41-69-66;/h1-18,23-27,29,31-37,39-47H,19-22H2;/q-3;+3. The average molecular weight is 1090 g/mol. The van der Waals surface area contributed by atoms with Crippen molar-refractivity contribution in [3.05, 3.63) is 283 Å². The minimum Gasteiger partial charge on any atom is -0.305 e. The molecule has 3 heterocycles. The van der Waals surface area contributed by atoms with Crippen LogP contribution in [0.15, 0.2) is 243 Å².